The number of carbonyl (C=O) groups is 2. The topological polar surface area (TPSA) is 34.1 Å². The van der Waals surface area contributed by atoms with Gasteiger partial charge in [-0.05, 0) is 90.8 Å². The molecule has 4 saturated carbocycles. The Labute approximate surface area is 191 Å². The van der Waals surface area contributed by atoms with E-state index in [1.165, 1.54) is 32.1 Å². The maximum atomic E-state index is 13.3. The highest BCUT2D eigenvalue weighted by molar-refractivity contribution is 5.90. The molecule has 2 nitrogen and oxygen atoms in total. The standard InChI is InChI=1S/C29H46O2/c1-7-20(18(2)3)9-8-19(4)23-10-11-24-22-17-27(31)26-16-21(30)12-14-29(26,6)25(22)13-15-28(23,24)5/h8-9,18-20,22-26H,7,10-17H2,1-6H3/b9-8+/t19-,20-,22+,23-,24+,25+,26-,28-,29-/m1/s1. The lowest BCUT2D eigenvalue weighted by Gasteiger charge is -2.59. The van der Waals surface area contributed by atoms with Gasteiger partial charge in [-0.1, -0.05) is 53.7 Å². The van der Waals surface area contributed by atoms with Crippen LogP contribution in [-0.2, 0) is 9.59 Å². The molecular formula is C29H46O2. The molecule has 4 fully saturated rings. The molecule has 0 bridgehead atoms. The molecule has 0 amide bonds. The molecule has 4 aliphatic carbocycles. The molecule has 9 atom stereocenters. The van der Waals surface area contributed by atoms with Crippen LogP contribution < -0.4 is 0 Å². The van der Waals surface area contributed by atoms with E-state index in [4.69, 9.17) is 0 Å². The minimum Gasteiger partial charge on any atom is -0.300 e. The quantitative estimate of drug-likeness (QED) is 0.433. The van der Waals surface area contributed by atoms with E-state index in [0.29, 0.717) is 65.3 Å². The third-order valence-electron chi connectivity index (χ3n) is 11.0. The van der Waals surface area contributed by atoms with E-state index >= 15 is 0 Å². The summed E-state index contributed by atoms with van der Waals surface area (Å²) in [6.45, 7) is 14.4. The van der Waals surface area contributed by atoms with Gasteiger partial charge in [0.1, 0.15) is 11.6 Å². The second-order valence-corrected chi connectivity index (χ2v) is 12.6. The number of ketones is 2. The molecule has 0 unspecified atom stereocenters. The minimum absolute atomic E-state index is 0.0143. The highest BCUT2D eigenvalue weighted by atomic mass is 16.1. The predicted octanol–water partition coefficient (Wildman–Crippen LogP) is 7.27. The molecule has 0 spiro atoms. The number of hydrogen-bond donors (Lipinski definition) is 0. The van der Waals surface area contributed by atoms with Gasteiger partial charge in [-0.15, -0.1) is 0 Å². The van der Waals surface area contributed by atoms with Crippen molar-refractivity contribution in [2.75, 3.05) is 0 Å². The number of allylic oxidation sites excluding steroid dienone is 2. The first kappa shape index (κ1) is 23.2. The summed E-state index contributed by atoms with van der Waals surface area (Å²) in [5.41, 5.74) is 0.447. The SMILES string of the molecule is CC[C@H](/C=C/[C@@H](C)[C@H]1CC[C@H]2[C@@H]3CC(=O)[C@H]4CC(=O)CC[C@]4(C)[C@H]3CC[C@]12C)C(C)C. The normalized spacial score (nSPS) is 44.8. The van der Waals surface area contributed by atoms with Crippen molar-refractivity contribution >= 4 is 11.6 Å². The molecule has 0 aromatic heterocycles. The van der Waals surface area contributed by atoms with Crippen molar-refractivity contribution in [3.05, 3.63) is 12.2 Å². The van der Waals surface area contributed by atoms with Crippen molar-refractivity contribution in [3.63, 3.8) is 0 Å². The van der Waals surface area contributed by atoms with E-state index in [-0.39, 0.29) is 11.3 Å². The zero-order chi connectivity index (χ0) is 22.6. The molecule has 31 heavy (non-hydrogen) atoms. The highest BCUT2D eigenvalue weighted by Crippen LogP contribution is 2.67. The van der Waals surface area contributed by atoms with Gasteiger partial charge >= 0.3 is 0 Å². The van der Waals surface area contributed by atoms with Crippen LogP contribution in [0.1, 0.15) is 99.3 Å². The fraction of sp³-hybridized carbons (Fsp3) is 0.862. The first-order valence-corrected chi connectivity index (χ1v) is 13.3. The van der Waals surface area contributed by atoms with Gasteiger partial charge in [0.25, 0.3) is 0 Å². The van der Waals surface area contributed by atoms with Crippen molar-refractivity contribution in [1.29, 1.82) is 0 Å². The molecule has 174 valence electrons. The molecule has 4 aliphatic rings. The number of Topliss-reactive ketones (excluding diaryl/α,β-unsaturated/α-hetero) is 2. The molecule has 0 radical (unpaired) electrons. The van der Waals surface area contributed by atoms with Crippen LogP contribution in [0.25, 0.3) is 0 Å². The zero-order valence-corrected chi connectivity index (χ0v) is 21.0. The van der Waals surface area contributed by atoms with Gasteiger partial charge in [-0.25, -0.2) is 0 Å². The molecule has 0 aromatic rings. The third kappa shape index (κ3) is 3.78. The van der Waals surface area contributed by atoms with Crippen LogP contribution in [-0.4, -0.2) is 11.6 Å². The Morgan fingerprint density at radius 1 is 0.935 bits per heavy atom. The van der Waals surface area contributed by atoms with Crippen LogP contribution in [0.3, 0.4) is 0 Å². The first-order valence-electron chi connectivity index (χ1n) is 13.3. The van der Waals surface area contributed by atoms with Crippen molar-refractivity contribution in [3.8, 4) is 0 Å². The molecule has 4 rings (SSSR count). The molecule has 0 aromatic carbocycles. The first-order chi connectivity index (χ1) is 14.6. The van der Waals surface area contributed by atoms with Crippen molar-refractivity contribution in [2.45, 2.75) is 99.3 Å². The molecule has 2 heteroatoms. The Balaban J connectivity index is 1.54. The highest BCUT2D eigenvalue weighted by Gasteiger charge is 2.62. The lowest BCUT2D eigenvalue weighted by Crippen LogP contribution is -2.56. The van der Waals surface area contributed by atoms with Crippen molar-refractivity contribution in [2.24, 2.45) is 58.2 Å². The van der Waals surface area contributed by atoms with Gasteiger partial charge in [0.05, 0.1) is 0 Å². The molecule has 0 aliphatic heterocycles. The van der Waals surface area contributed by atoms with Gasteiger partial charge in [-0.2, -0.15) is 0 Å². The van der Waals surface area contributed by atoms with Gasteiger partial charge in [0.15, 0.2) is 0 Å². The second-order valence-electron chi connectivity index (χ2n) is 12.6. The number of hydrogen-bond acceptors (Lipinski definition) is 2. The Morgan fingerprint density at radius 3 is 2.32 bits per heavy atom. The van der Waals surface area contributed by atoms with E-state index in [9.17, 15) is 9.59 Å². The average molecular weight is 427 g/mol. The maximum absolute atomic E-state index is 13.3. The van der Waals surface area contributed by atoms with Gasteiger partial charge < -0.3 is 0 Å². The summed E-state index contributed by atoms with van der Waals surface area (Å²) >= 11 is 0. The Bertz CT molecular complexity index is 735. The van der Waals surface area contributed by atoms with E-state index in [0.717, 1.165) is 18.8 Å². The van der Waals surface area contributed by atoms with E-state index in [1.807, 2.05) is 0 Å². The van der Waals surface area contributed by atoms with Crippen LogP contribution >= 0.6 is 0 Å². The average Bonchev–Trinajstić information content (AvgIpc) is 3.07. The molecular weight excluding hydrogens is 380 g/mol. The van der Waals surface area contributed by atoms with Gasteiger partial charge in [-0.3, -0.25) is 9.59 Å². The Hall–Kier alpha value is -0.920. The lowest BCUT2D eigenvalue weighted by atomic mass is 9.44. The Kier molecular flexibility index (Phi) is 6.34. The predicted molar refractivity (Wildman–Crippen MR) is 128 cm³/mol. The fourth-order valence-electron chi connectivity index (χ4n) is 9.02. The van der Waals surface area contributed by atoms with Crippen molar-refractivity contribution in [1.82, 2.24) is 0 Å². The number of rotatable bonds is 5. The summed E-state index contributed by atoms with van der Waals surface area (Å²) in [5, 5.41) is 0. The zero-order valence-electron chi connectivity index (χ0n) is 21.0. The van der Waals surface area contributed by atoms with E-state index in [2.05, 4.69) is 53.7 Å². The summed E-state index contributed by atoms with van der Waals surface area (Å²) in [7, 11) is 0. The number of carbonyl (C=O) groups excluding carboxylic acids is 2. The minimum atomic E-state index is 0.0143. The van der Waals surface area contributed by atoms with Crippen LogP contribution in [0, 0.1) is 58.2 Å². The smallest absolute Gasteiger partial charge is 0.137 e. The van der Waals surface area contributed by atoms with Crippen molar-refractivity contribution < 1.29 is 9.59 Å². The van der Waals surface area contributed by atoms with Crippen LogP contribution in [0.4, 0.5) is 0 Å². The van der Waals surface area contributed by atoms with Crippen LogP contribution in [0.5, 0.6) is 0 Å². The van der Waals surface area contributed by atoms with E-state index in [1.54, 1.807) is 0 Å². The Morgan fingerprint density at radius 2 is 1.65 bits per heavy atom. The summed E-state index contributed by atoms with van der Waals surface area (Å²) in [6.07, 6.45) is 14.4. The maximum Gasteiger partial charge on any atom is 0.137 e. The summed E-state index contributed by atoms with van der Waals surface area (Å²) in [5.74, 6) is 5.41. The molecule has 0 heterocycles. The fourth-order valence-corrected chi connectivity index (χ4v) is 9.02. The van der Waals surface area contributed by atoms with Crippen LogP contribution in [0.2, 0.25) is 0 Å². The molecule has 0 saturated heterocycles. The van der Waals surface area contributed by atoms with E-state index < -0.39 is 0 Å². The largest absolute Gasteiger partial charge is 0.300 e. The van der Waals surface area contributed by atoms with Crippen LogP contribution in [0.15, 0.2) is 12.2 Å². The second kappa shape index (κ2) is 8.45. The summed E-state index contributed by atoms with van der Waals surface area (Å²) in [4.78, 5) is 25.4. The molecule has 0 N–H and O–H groups in total. The summed E-state index contributed by atoms with van der Waals surface area (Å²) < 4.78 is 0. The lowest BCUT2D eigenvalue weighted by molar-refractivity contribution is -0.158. The monoisotopic (exact) mass is 426 g/mol. The van der Waals surface area contributed by atoms with Gasteiger partial charge in [0.2, 0.25) is 0 Å². The third-order valence-corrected chi connectivity index (χ3v) is 11.0. The van der Waals surface area contributed by atoms with Gasteiger partial charge in [0, 0.05) is 25.2 Å². The number of fused-ring (bicyclic) bond motifs is 5. The summed E-state index contributed by atoms with van der Waals surface area (Å²) in [6, 6.07) is 0.